The molecule has 0 aliphatic heterocycles. The topological polar surface area (TPSA) is 21.3 Å². The van der Waals surface area contributed by atoms with E-state index >= 15 is 0 Å². The van der Waals surface area contributed by atoms with Crippen molar-refractivity contribution < 1.29 is 4.74 Å². The monoisotopic (exact) mass is 329 g/mol. The van der Waals surface area contributed by atoms with E-state index in [0.717, 1.165) is 22.9 Å². The highest BCUT2D eigenvalue weighted by atomic mass is 35.5. The van der Waals surface area contributed by atoms with Crippen LogP contribution in [0, 0.1) is 0 Å². The van der Waals surface area contributed by atoms with Gasteiger partial charge in [-0.3, -0.25) is 0 Å². The van der Waals surface area contributed by atoms with Crippen LogP contribution in [0.2, 0.25) is 8.67 Å². The smallest absolute Gasteiger partial charge is 0.0995 e. The Morgan fingerprint density at radius 1 is 1.25 bits per heavy atom. The van der Waals surface area contributed by atoms with E-state index in [1.54, 1.807) is 7.11 Å². The van der Waals surface area contributed by atoms with Crippen molar-refractivity contribution >= 4 is 34.5 Å². The predicted molar refractivity (Wildman–Crippen MR) is 87.3 cm³/mol. The quantitative estimate of drug-likeness (QED) is 0.839. The Balaban J connectivity index is 2.21. The minimum absolute atomic E-state index is 0.0581. The zero-order valence-electron chi connectivity index (χ0n) is 11.5. The number of benzene rings is 1. The maximum atomic E-state index is 6.25. The lowest BCUT2D eigenvalue weighted by Crippen LogP contribution is -2.17. The van der Waals surface area contributed by atoms with Crippen molar-refractivity contribution in [2.45, 2.75) is 12.5 Å². The Bertz CT molecular complexity index is 554. The third kappa shape index (κ3) is 3.74. The molecule has 5 heteroatoms. The van der Waals surface area contributed by atoms with E-state index < -0.39 is 0 Å². The van der Waals surface area contributed by atoms with E-state index in [1.165, 1.54) is 22.5 Å². The summed E-state index contributed by atoms with van der Waals surface area (Å²) < 4.78 is 6.53. The lowest BCUT2D eigenvalue weighted by molar-refractivity contribution is 0.202. The molecule has 0 amide bonds. The van der Waals surface area contributed by atoms with Gasteiger partial charge in [-0.15, -0.1) is 11.3 Å². The predicted octanol–water partition coefficient (Wildman–Crippen LogP) is 4.55. The standard InChI is InChI=1S/C15H17Cl2NOS/c1-18-14(12-9-13(16)20-15(12)17)11-5-3-10(4-6-11)7-8-19-2/h3-6,9,14,18H,7-8H2,1-2H3. The van der Waals surface area contributed by atoms with Crippen LogP contribution < -0.4 is 5.32 Å². The molecule has 1 heterocycles. The summed E-state index contributed by atoms with van der Waals surface area (Å²) in [6.45, 7) is 0.737. The summed E-state index contributed by atoms with van der Waals surface area (Å²) in [4.78, 5) is 0. The van der Waals surface area contributed by atoms with Crippen LogP contribution in [0.25, 0.3) is 0 Å². The van der Waals surface area contributed by atoms with Gasteiger partial charge in [0, 0.05) is 12.7 Å². The van der Waals surface area contributed by atoms with Gasteiger partial charge in [-0.2, -0.15) is 0 Å². The summed E-state index contributed by atoms with van der Waals surface area (Å²) in [7, 11) is 3.64. The average Bonchev–Trinajstić information content (AvgIpc) is 2.78. The molecular formula is C15H17Cl2NOS. The van der Waals surface area contributed by atoms with Gasteiger partial charge >= 0.3 is 0 Å². The van der Waals surface area contributed by atoms with E-state index in [0.29, 0.717) is 4.34 Å². The fourth-order valence-corrected chi connectivity index (χ4v) is 3.68. The summed E-state index contributed by atoms with van der Waals surface area (Å²) in [6, 6.07) is 10.5. The molecule has 0 saturated heterocycles. The van der Waals surface area contributed by atoms with Crippen LogP contribution in [0.15, 0.2) is 30.3 Å². The minimum Gasteiger partial charge on any atom is -0.384 e. The number of halogens is 2. The maximum absolute atomic E-state index is 6.25. The van der Waals surface area contributed by atoms with Crippen LogP contribution in [0.1, 0.15) is 22.7 Å². The van der Waals surface area contributed by atoms with Gasteiger partial charge in [-0.05, 0) is 30.7 Å². The second-order valence-electron chi connectivity index (χ2n) is 4.49. The van der Waals surface area contributed by atoms with Crippen molar-refractivity contribution in [1.29, 1.82) is 0 Å². The van der Waals surface area contributed by atoms with Crippen molar-refractivity contribution in [3.8, 4) is 0 Å². The van der Waals surface area contributed by atoms with E-state index in [-0.39, 0.29) is 6.04 Å². The summed E-state index contributed by atoms with van der Waals surface area (Å²) >= 11 is 13.7. The highest BCUT2D eigenvalue weighted by molar-refractivity contribution is 7.20. The first-order valence-corrected chi connectivity index (χ1v) is 7.92. The summed E-state index contributed by atoms with van der Waals surface area (Å²) in [5.41, 5.74) is 3.46. The number of hydrogen-bond acceptors (Lipinski definition) is 3. The Kier molecular flexibility index (Phi) is 5.87. The van der Waals surface area contributed by atoms with Crippen molar-refractivity contribution in [2.24, 2.45) is 0 Å². The average molecular weight is 330 g/mol. The molecule has 2 aromatic rings. The van der Waals surface area contributed by atoms with Gasteiger partial charge in [0.15, 0.2) is 0 Å². The number of ether oxygens (including phenoxy) is 1. The van der Waals surface area contributed by atoms with Gasteiger partial charge in [0.1, 0.15) is 0 Å². The maximum Gasteiger partial charge on any atom is 0.0995 e. The van der Waals surface area contributed by atoms with Gasteiger partial charge in [-0.1, -0.05) is 47.5 Å². The van der Waals surface area contributed by atoms with Crippen LogP contribution >= 0.6 is 34.5 Å². The number of thiophene rings is 1. The Labute approximate surface area is 133 Å². The highest BCUT2D eigenvalue weighted by Gasteiger charge is 2.17. The molecule has 0 spiro atoms. The molecule has 0 aliphatic rings. The summed E-state index contributed by atoms with van der Waals surface area (Å²) in [6.07, 6.45) is 0.923. The first-order chi connectivity index (χ1) is 9.65. The molecule has 1 aromatic carbocycles. The lowest BCUT2D eigenvalue weighted by atomic mass is 9.99. The number of hydrogen-bond donors (Lipinski definition) is 1. The molecule has 2 nitrogen and oxygen atoms in total. The van der Waals surface area contributed by atoms with Gasteiger partial charge in [0.05, 0.1) is 21.3 Å². The van der Waals surface area contributed by atoms with Crippen molar-refractivity contribution in [1.82, 2.24) is 5.32 Å². The molecule has 0 aliphatic carbocycles. The van der Waals surface area contributed by atoms with Crippen molar-refractivity contribution in [2.75, 3.05) is 20.8 Å². The molecule has 0 fully saturated rings. The van der Waals surface area contributed by atoms with E-state index in [1.807, 2.05) is 13.1 Å². The molecule has 1 aromatic heterocycles. The van der Waals surface area contributed by atoms with Crippen molar-refractivity contribution in [3.63, 3.8) is 0 Å². The third-order valence-corrected chi connectivity index (χ3v) is 4.71. The van der Waals surface area contributed by atoms with Gasteiger partial charge < -0.3 is 10.1 Å². The largest absolute Gasteiger partial charge is 0.384 e. The number of nitrogens with one attached hydrogen (secondary N) is 1. The third-order valence-electron chi connectivity index (χ3n) is 3.19. The van der Waals surface area contributed by atoms with Crippen LogP contribution in [0.3, 0.4) is 0 Å². The Morgan fingerprint density at radius 2 is 1.95 bits per heavy atom. The summed E-state index contributed by atoms with van der Waals surface area (Å²) in [5.74, 6) is 0. The molecule has 0 radical (unpaired) electrons. The normalized spacial score (nSPS) is 12.6. The number of rotatable bonds is 6. The van der Waals surface area contributed by atoms with Gasteiger partial charge in [-0.25, -0.2) is 0 Å². The fraction of sp³-hybridized carbons (Fsp3) is 0.333. The zero-order chi connectivity index (χ0) is 14.5. The number of methoxy groups -OCH3 is 1. The fourth-order valence-electron chi connectivity index (χ4n) is 2.15. The molecular weight excluding hydrogens is 313 g/mol. The second kappa shape index (κ2) is 7.43. The molecule has 108 valence electrons. The van der Waals surface area contributed by atoms with E-state index in [4.69, 9.17) is 27.9 Å². The minimum atomic E-state index is 0.0581. The van der Waals surface area contributed by atoms with Crippen LogP contribution in [-0.4, -0.2) is 20.8 Å². The Hall–Kier alpha value is -0.580. The van der Waals surface area contributed by atoms with Gasteiger partial charge in [0.25, 0.3) is 0 Å². The first-order valence-electron chi connectivity index (χ1n) is 6.35. The van der Waals surface area contributed by atoms with Crippen LogP contribution in [-0.2, 0) is 11.2 Å². The molecule has 2 rings (SSSR count). The molecule has 1 unspecified atom stereocenters. The van der Waals surface area contributed by atoms with E-state index in [9.17, 15) is 0 Å². The molecule has 1 atom stereocenters. The van der Waals surface area contributed by atoms with Crippen LogP contribution in [0.4, 0.5) is 0 Å². The molecule has 0 saturated carbocycles. The van der Waals surface area contributed by atoms with Crippen molar-refractivity contribution in [3.05, 3.63) is 55.7 Å². The zero-order valence-corrected chi connectivity index (χ0v) is 13.8. The SMILES string of the molecule is CNC(c1ccc(CCOC)cc1)c1cc(Cl)sc1Cl. The molecule has 20 heavy (non-hydrogen) atoms. The Morgan fingerprint density at radius 3 is 2.45 bits per heavy atom. The molecule has 0 bridgehead atoms. The highest BCUT2D eigenvalue weighted by Crippen LogP contribution is 2.37. The molecule has 1 N–H and O–H groups in total. The van der Waals surface area contributed by atoms with Crippen LogP contribution in [0.5, 0.6) is 0 Å². The van der Waals surface area contributed by atoms with E-state index in [2.05, 4.69) is 29.6 Å². The first kappa shape index (κ1) is 15.8. The lowest BCUT2D eigenvalue weighted by Gasteiger charge is -2.16. The summed E-state index contributed by atoms with van der Waals surface area (Å²) in [5, 5.41) is 3.29. The van der Waals surface area contributed by atoms with Gasteiger partial charge in [0.2, 0.25) is 0 Å². The second-order valence-corrected chi connectivity index (χ2v) is 6.77.